The molecule has 1 aromatic rings. The summed E-state index contributed by atoms with van der Waals surface area (Å²) in [7, 11) is 0. The Labute approximate surface area is 180 Å². The van der Waals surface area contributed by atoms with Gasteiger partial charge in [-0.25, -0.2) is 13.4 Å². The molecule has 2 aliphatic heterocycles. The van der Waals surface area contributed by atoms with Crippen molar-refractivity contribution in [3.05, 3.63) is 29.6 Å². The molecule has 0 radical (unpaired) electrons. The molecule has 0 aliphatic carbocycles. The summed E-state index contributed by atoms with van der Waals surface area (Å²) in [5, 5.41) is 10.1. The molecule has 1 fully saturated rings. The molecule has 1 aromatic carbocycles. The van der Waals surface area contributed by atoms with Crippen LogP contribution in [0.2, 0.25) is 0 Å². The molecule has 1 saturated heterocycles. The van der Waals surface area contributed by atoms with Crippen LogP contribution in [0.25, 0.3) is 5.57 Å². The fourth-order valence-corrected chi connectivity index (χ4v) is 3.95. The molecule has 31 heavy (non-hydrogen) atoms. The summed E-state index contributed by atoms with van der Waals surface area (Å²) in [6.07, 6.45) is -0.223. The van der Waals surface area contributed by atoms with E-state index < -0.39 is 47.0 Å². The van der Waals surface area contributed by atoms with Crippen LogP contribution < -0.4 is 9.03 Å². The largest absolute Gasteiger partial charge is 0.506 e. The van der Waals surface area contributed by atoms with Gasteiger partial charge in [-0.05, 0) is 17.7 Å². The molecule has 2 aliphatic rings. The van der Waals surface area contributed by atoms with Gasteiger partial charge in [0.15, 0.2) is 5.82 Å². The van der Waals surface area contributed by atoms with E-state index in [4.69, 9.17) is 9.47 Å². The topological polar surface area (TPSA) is 125 Å². The van der Waals surface area contributed by atoms with Crippen LogP contribution in [-0.2, 0) is 30.2 Å². The Morgan fingerprint density at radius 2 is 1.94 bits per heavy atom. The van der Waals surface area contributed by atoms with Crippen LogP contribution >= 0.6 is 0 Å². The van der Waals surface area contributed by atoms with Gasteiger partial charge in [0.25, 0.3) is 5.91 Å². The summed E-state index contributed by atoms with van der Waals surface area (Å²) in [5.41, 5.74) is 0.149. The first kappa shape index (κ1) is 22.5. The number of nitrogens with one attached hydrogen (secondary N) is 1. The highest BCUT2D eigenvalue weighted by Crippen LogP contribution is 2.37. The Hall–Kier alpha value is -3.15. The van der Waals surface area contributed by atoms with Crippen LogP contribution in [0.1, 0.15) is 26.3 Å². The molecule has 0 aromatic heterocycles. The van der Waals surface area contributed by atoms with Gasteiger partial charge < -0.3 is 19.5 Å². The van der Waals surface area contributed by atoms with Crippen molar-refractivity contribution in [2.24, 2.45) is 5.92 Å². The van der Waals surface area contributed by atoms with E-state index in [0.29, 0.717) is 5.57 Å². The first-order valence-corrected chi connectivity index (χ1v) is 10.5. The smallest absolute Gasteiger partial charge is 0.413 e. The van der Waals surface area contributed by atoms with Crippen molar-refractivity contribution in [3.63, 3.8) is 0 Å². The summed E-state index contributed by atoms with van der Waals surface area (Å²) < 4.78 is 40.3. The molecule has 2 N–H and O–H groups in total. The van der Waals surface area contributed by atoms with E-state index in [9.17, 15) is 23.7 Å². The van der Waals surface area contributed by atoms with Crippen molar-refractivity contribution in [2.75, 3.05) is 23.9 Å². The van der Waals surface area contributed by atoms with E-state index >= 15 is 4.39 Å². The SMILES string of the molecule is CC(OC(=O)C(C)C)OC(=O)N1CC=C(c2ccc(O)c(N3CC(=O)NS3=O)c2F)C1. The van der Waals surface area contributed by atoms with Crippen molar-refractivity contribution in [2.45, 2.75) is 27.1 Å². The average Bonchev–Trinajstić information content (AvgIpc) is 3.28. The van der Waals surface area contributed by atoms with Crippen LogP contribution in [0.5, 0.6) is 5.75 Å². The highest BCUT2D eigenvalue weighted by molar-refractivity contribution is 7.85. The normalized spacial score (nSPS) is 19.3. The summed E-state index contributed by atoms with van der Waals surface area (Å²) in [5.74, 6) is -2.79. The van der Waals surface area contributed by atoms with Gasteiger partial charge in [-0.2, -0.15) is 0 Å². The number of hydrogen-bond acceptors (Lipinski definition) is 7. The Kier molecular flexibility index (Phi) is 6.48. The summed E-state index contributed by atoms with van der Waals surface area (Å²) in [4.78, 5) is 36.7. The maximum Gasteiger partial charge on any atom is 0.413 e. The lowest BCUT2D eigenvalue weighted by Crippen LogP contribution is -2.34. The van der Waals surface area contributed by atoms with Gasteiger partial charge in [-0.15, -0.1) is 0 Å². The van der Waals surface area contributed by atoms with Gasteiger partial charge in [0.05, 0.1) is 5.92 Å². The number of rotatable bonds is 5. The number of phenolic OH excluding ortho intramolecular Hbond substituents is 1. The van der Waals surface area contributed by atoms with E-state index in [0.717, 1.165) is 4.31 Å². The van der Waals surface area contributed by atoms with Gasteiger partial charge in [0.1, 0.15) is 18.0 Å². The van der Waals surface area contributed by atoms with Gasteiger partial charge in [0.2, 0.25) is 17.5 Å². The second-order valence-corrected chi connectivity index (χ2v) is 8.40. The zero-order chi connectivity index (χ0) is 22.9. The van der Waals surface area contributed by atoms with Gasteiger partial charge in [0, 0.05) is 25.6 Å². The molecule has 2 atom stereocenters. The maximum atomic E-state index is 15.2. The van der Waals surface area contributed by atoms with Crippen molar-refractivity contribution in [3.8, 4) is 5.75 Å². The van der Waals surface area contributed by atoms with Crippen LogP contribution in [0.15, 0.2) is 18.2 Å². The molecular formula is C19H22FN3O7S. The second-order valence-electron chi connectivity index (χ2n) is 7.26. The van der Waals surface area contributed by atoms with Crippen LogP contribution in [0, 0.1) is 11.7 Å². The number of carbonyl (C=O) groups excluding carboxylic acids is 3. The van der Waals surface area contributed by atoms with Gasteiger partial charge in [-0.3, -0.25) is 18.6 Å². The molecule has 0 spiro atoms. The Balaban J connectivity index is 1.71. The van der Waals surface area contributed by atoms with E-state index in [1.165, 1.54) is 24.0 Å². The highest BCUT2D eigenvalue weighted by Gasteiger charge is 2.33. The average molecular weight is 455 g/mol. The van der Waals surface area contributed by atoms with E-state index in [1.807, 2.05) is 0 Å². The quantitative estimate of drug-likeness (QED) is 0.508. The predicted octanol–water partition coefficient (Wildman–Crippen LogP) is 1.43. The number of carbonyl (C=O) groups is 3. The van der Waals surface area contributed by atoms with Crippen molar-refractivity contribution < 1.29 is 37.6 Å². The molecule has 10 nitrogen and oxygen atoms in total. The number of hydrogen-bond donors (Lipinski definition) is 2. The monoisotopic (exact) mass is 455 g/mol. The number of phenols is 1. The molecule has 12 heteroatoms. The van der Waals surface area contributed by atoms with Crippen molar-refractivity contribution >= 4 is 40.4 Å². The van der Waals surface area contributed by atoms with Crippen LogP contribution in [-0.4, -0.2) is 58.1 Å². The first-order chi connectivity index (χ1) is 14.6. The predicted molar refractivity (Wildman–Crippen MR) is 108 cm³/mol. The van der Waals surface area contributed by atoms with E-state index in [-0.39, 0.29) is 36.8 Å². The minimum absolute atomic E-state index is 0.00505. The Bertz CT molecular complexity index is 981. The third-order valence-electron chi connectivity index (χ3n) is 4.58. The number of benzene rings is 1. The summed E-state index contributed by atoms with van der Waals surface area (Å²) in [6, 6.07) is 2.55. The van der Waals surface area contributed by atoms with Crippen molar-refractivity contribution in [1.29, 1.82) is 0 Å². The third kappa shape index (κ3) is 4.79. The minimum Gasteiger partial charge on any atom is -0.506 e. The molecule has 3 rings (SSSR count). The number of nitrogens with zero attached hydrogens (tertiary/aromatic N) is 2. The second kappa shape index (κ2) is 8.92. The lowest BCUT2D eigenvalue weighted by molar-refractivity contribution is -0.169. The molecule has 2 unspecified atom stereocenters. The molecule has 2 heterocycles. The standard InChI is InChI=1S/C19H22FN3O7S/c1-10(2)18(26)29-11(3)30-19(27)22-7-6-12(8-22)13-4-5-14(24)17(16(13)20)23-9-15(25)21-31(23)28/h4-6,10-11,24H,7-9H2,1-3H3,(H,21,25). The number of halogens is 1. The zero-order valence-electron chi connectivity index (χ0n) is 17.1. The van der Waals surface area contributed by atoms with Gasteiger partial charge in [-0.1, -0.05) is 19.9 Å². The summed E-state index contributed by atoms with van der Waals surface area (Å²) >= 11 is -2.01. The van der Waals surface area contributed by atoms with Crippen molar-refractivity contribution in [1.82, 2.24) is 9.62 Å². The number of amides is 2. The Morgan fingerprint density at radius 1 is 1.23 bits per heavy atom. The van der Waals surface area contributed by atoms with E-state index in [1.54, 1.807) is 19.9 Å². The Morgan fingerprint density at radius 3 is 2.55 bits per heavy atom. The molecular weight excluding hydrogens is 433 g/mol. The number of ether oxygens (including phenoxy) is 2. The van der Waals surface area contributed by atoms with E-state index in [2.05, 4.69) is 4.72 Å². The van der Waals surface area contributed by atoms with Crippen LogP contribution in [0.4, 0.5) is 14.9 Å². The first-order valence-electron chi connectivity index (χ1n) is 9.44. The van der Waals surface area contributed by atoms with Crippen LogP contribution in [0.3, 0.4) is 0 Å². The fourth-order valence-electron chi connectivity index (χ4n) is 3.00. The highest BCUT2D eigenvalue weighted by atomic mass is 32.2. The lowest BCUT2D eigenvalue weighted by Gasteiger charge is -2.21. The molecule has 0 bridgehead atoms. The molecule has 2 amide bonds. The zero-order valence-corrected chi connectivity index (χ0v) is 17.9. The lowest BCUT2D eigenvalue weighted by atomic mass is 10.0. The van der Waals surface area contributed by atoms with Gasteiger partial charge >= 0.3 is 12.1 Å². The number of anilines is 1. The number of esters is 1. The molecule has 168 valence electrons. The fraction of sp³-hybridized carbons (Fsp3) is 0.421. The number of aromatic hydroxyl groups is 1. The third-order valence-corrected chi connectivity index (χ3v) is 5.69. The molecule has 0 saturated carbocycles. The summed E-state index contributed by atoms with van der Waals surface area (Å²) in [6.45, 7) is 4.48. The maximum absolute atomic E-state index is 15.2. The minimum atomic E-state index is -2.01.